The molecule has 1 atom stereocenters. The molecule has 1 aromatic carbocycles. The highest BCUT2D eigenvalue weighted by Gasteiger charge is 2.20. The van der Waals surface area contributed by atoms with E-state index in [-0.39, 0.29) is 6.04 Å². The van der Waals surface area contributed by atoms with E-state index in [1.165, 1.54) is 37.1 Å². The van der Waals surface area contributed by atoms with Crippen LogP contribution in [0, 0.1) is 6.92 Å². The van der Waals surface area contributed by atoms with E-state index in [4.69, 9.17) is 5.73 Å². The summed E-state index contributed by atoms with van der Waals surface area (Å²) in [7, 11) is 0. The number of thioether (sulfide) groups is 1. The maximum atomic E-state index is 6.30. The maximum Gasteiger partial charge on any atom is 0.0424 e. The molecule has 100 valence electrons. The van der Waals surface area contributed by atoms with Crippen LogP contribution in [0.4, 0.5) is 0 Å². The van der Waals surface area contributed by atoms with Gasteiger partial charge in [-0.25, -0.2) is 0 Å². The third kappa shape index (κ3) is 3.74. The van der Waals surface area contributed by atoms with Crippen molar-refractivity contribution in [3.8, 4) is 0 Å². The van der Waals surface area contributed by atoms with Crippen LogP contribution < -0.4 is 5.73 Å². The van der Waals surface area contributed by atoms with Crippen molar-refractivity contribution in [1.82, 2.24) is 4.90 Å². The molecular formula is C15H24N2S. The Morgan fingerprint density at radius 1 is 1.28 bits per heavy atom. The highest BCUT2D eigenvalue weighted by Crippen LogP contribution is 2.22. The number of likely N-dealkylation sites (tertiary alicyclic amines) is 1. The highest BCUT2D eigenvalue weighted by molar-refractivity contribution is 7.99. The van der Waals surface area contributed by atoms with Crippen LogP contribution in [0.3, 0.4) is 0 Å². The lowest BCUT2D eigenvalue weighted by Gasteiger charge is -2.32. The van der Waals surface area contributed by atoms with Crippen molar-refractivity contribution in [1.29, 1.82) is 0 Å². The standard InChI is InChI=1S/C15H24N2S/c1-12-3-5-13(6-4-12)15(16)11-17-9-7-14(18-2)8-10-17/h3-6,14-15H,7-11,16H2,1-2H3. The smallest absolute Gasteiger partial charge is 0.0424 e. The van der Waals surface area contributed by atoms with Crippen LogP contribution in [-0.2, 0) is 0 Å². The molecule has 0 saturated carbocycles. The van der Waals surface area contributed by atoms with Gasteiger partial charge in [0, 0.05) is 17.8 Å². The van der Waals surface area contributed by atoms with Crippen LogP contribution in [0.15, 0.2) is 24.3 Å². The molecule has 1 saturated heterocycles. The number of nitrogens with zero attached hydrogens (tertiary/aromatic N) is 1. The molecule has 0 spiro atoms. The van der Waals surface area contributed by atoms with Gasteiger partial charge >= 0.3 is 0 Å². The summed E-state index contributed by atoms with van der Waals surface area (Å²) in [6, 6.07) is 8.77. The third-order valence-corrected chi connectivity index (χ3v) is 4.97. The summed E-state index contributed by atoms with van der Waals surface area (Å²) in [5.74, 6) is 0. The Balaban J connectivity index is 1.84. The first kappa shape index (κ1) is 13.9. The maximum absolute atomic E-state index is 6.30. The van der Waals surface area contributed by atoms with Crippen molar-refractivity contribution in [2.24, 2.45) is 5.73 Å². The topological polar surface area (TPSA) is 29.3 Å². The first-order chi connectivity index (χ1) is 8.69. The zero-order valence-electron chi connectivity index (χ0n) is 11.4. The molecular weight excluding hydrogens is 240 g/mol. The van der Waals surface area contributed by atoms with E-state index >= 15 is 0 Å². The fourth-order valence-corrected chi connectivity index (χ4v) is 3.21. The molecule has 1 heterocycles. The lowest BCUT2D eigenvalue weighted by molar-refractivity contribution is 0.220. The fraction of sp³-hybridized carbons (Fsp3) is 0.600. The Kier molecular flexibility index (Phi) is 5.10. The number of benzene rings is 1. The van der Waals surface area contributed by atoms with Crippen LogP contribution >= 0.6 is 11.8 Å². The van der Waals surface area contributed by atoms with Crippen molar-refractivity contribution in [3.63, 3.8) is 0 Å². The summed E-state index contributed by atoms with van der Waals surface area (Å²) < 4.78 is 0. The number of hydrogen-bond donors (Lipinski definition) is 1. The van der Waals surface area contributed by atoms with E-state index in [2.05, 4.69) is 42.3 Å². The second kappa shape index (κ2) is 6.60. The van der Waals surface area contributed by atoms with Gasteiger partial charge in [0.15, 0.2) is 0 Å². The molecule has 1 aliphatic rings. The van der Waals surface area contributed by atoms with Gasteiger partial charge in [-0.3, -0.25) is 0 Å². The molecule has 2 N–H and O–H groups in total. The van der Waals surface area contributed by atoms with Crippen LogP contribution in [-0.4, -0.2) is 36.0 Å². The summed E-state index contributed by atoms with van der Waals surface area (Å²) >= 11 is 2.01. The van der Waals surface area contributed by atoms with Gasteiger partial charge in [0.2, 0.25) is 0 Å². The molecule has 0 bridgehead atoms. The van der Waals surface area contributed by atoms with Crippen LogP contribution in [0.5, 0.6) is 0 Å². The van der Waals surface area contributed by atoms with Crippen LogP contribution in [0.2, 0.25) is 0 Å². The van der Waals surface area contributed by atoms with Gasteiger partial charge in [-0.15, -0.1) is 0 Å². The van der Waals surface area contributed by atoms with E-state index in [1.807, 2.05) is 11.8 Å². The second-order valence-electron chi connectivity index (χ2n) is 5.25. The molecule has 2 rings (SSSR count). The first-order valence-electron chi connectivity index (χ1n) is 6.76. The van der Waals surface area contributed by atoms with Crippen LogP contribution in [0.1, 0.15) is 30.0 Å². The van der Waals surface area contributed by atoms with E-state index < -0.39 is 0 Å². The van der Waals surface area contributed by atoms with Crippen molar-refractivity contribution in [2.45, 2.75) is 31.1 Å². The quantitative estimate of drug-likeness (QED) is 0.907. The Morgan fingerprint density at radius 2 is 1.89 bits per heavy atom. The Labute approximate surface area is 115 Å². The average molecular weight is 264 g/mol. The van der Waals surface area contributed by atoms with Gasteiger partial charge in [-0.2, -0.15) is 11.8 Å². The summed E-state index contributed by atoms with van der Waals surface area (Å²) in [5, 5.41) is 0.858. The summed E-state index contributed by atoms with van der Waals surface area (Å²) in [5.41, 5.74) is 8.85. The molecule has 3 heteroatoms. The van der Waals surface area contributed by atoms with Gasteiger partial charge in [0.05, 0.1) is 0 Å². The monoisotopic (exact) mass is 264 g/mol. The van der Waals surface area contributed by atoms with Gasteiger partial charge in [0.25, 0.3) is 0 Å². The Hall–Kier alpha value is -0.510. The molecule has 18 heavy (non-hydrogen) atoms. The molecule has 1 aromatic rings. The molecule has 0 aliphatic carbocycles. The number of rotatable bonds is 4. The predicted octanol–water partition coefficient (Wildman–Crippen LogP) is 2.82. The largest absolute Gasteiger partial charge is 0.323 e. The van der Waals surface area contributed by atoms with Gasteiger partial charge < -0.3 is 10.6 Å². The van der Waals surface area contributed by atoms with Gasteiger partial charge in [-0.05, 0) is 44.7 Å². The Morgan fingerprint density at radius 3 is 2.44 bits per heavy atom. The van der Waals surface area contributed by atoms with Crippen molar-refractivity contribution in [3.05, 3.63) is 35.4 Å². The number of nitrogens with two attached hydrogens (primary N) is 1. The predicted molar refractivity (Wildman–Crippen MR) is 81.1 cm³/mol. The second-order valence-corrected chi connectivity index (χ2v) is 6.39. The SMILES string of the molecule is CSC1CCN(CC(N)c2ccc(C)cc2)CC1. The van der Waals surface area contributed by atoms with E-state index in [0.29, 0.717) is 0 Å². The number of piperidine rings is 1. The highest BCUT2D eigenvalue weighted by atomic mass is 32.2. The van der Waals surface area contributed by atoms with Crippen molar-refractivity contribution < 1.29 is 0 Å². The third-order valence-electron chi connectivity index (χ3n) is 3.83. The molecule has 0 aromatic heterocycles. The van der Waals surface area contributed by atoms with E-state index in [9.17, 15) is 0 Å². The molecule has 1 unspecified atom stereocenters. The summed E-state index contributed by atoms with van der Waals surface area (Å²) in [6.07, 6.45) is 4.84. The molecule has 0 radical (unpaired) electrons. The zero-order valence-corrected chi connectivity index (χ0v) is 12.2. The molecule has 2 nitrogen and oxygen atoms in total. The molecule has 1 fully saturated rings. The minimum Gasteiger partial charge on any atom is -0.323 e. The first-order valence-corrected chi connectivity index (χ1v) is 8.05. The minimum atomic E-state index is 0.149. The van der Waals surface area contributed by atoms with Crippen LogP contribution in [0.25, 0.3) is 0 Å². The zero-order chi connectivity index (χ0) is 13.0. The van der Waals surface area contributed by atoms with Gasteiger partial charge in [-0.1, -0.05) is 29.8 Å². The summed E-state index contributed by atoms with van der Waals surface area (Å²) in [6.45, 7) is 5.50. The number of hydrogen-bond acceptors (Lipinski definition) is 3. The normalized spacial score (nSPS) is 19.9. The van der Waals surface area contributed by atoms with Crippen molar-refractivity contribution >= 4 is 11.8 Å². The number of aryl methyl sites for hydroxylation is 1. The molecule has 0 amide bonds. The minimum absolute atomic E-state index is 0.149. The molecule has 1 aliphatic heterocycles. The fourth-order valence-electron chi connectivity index (χ4n) is 2.52. The van der Waals surface area contributed by atoms with Gasteiger partial charge in [0.1, 0.15) is 0 Å². The summed E-state index contributed by atoms with van der Waals surface area (Å²) in [4.78, 5) is 2.51. The average Bonchev–Trinajstić information content (AvgIpc) is 2.40. The van der Waals surface area contributed by atoms with E-state index in [0.717, 1.165) is 11.8 Å². The van der Waals surface area contributed by atoms with Crippen molar-refractivity contribution in [2.75, 3.05) is 25.9 Å². The van der Waals surface area contributed by atoms with E-state index in [1.54, 1.807) is 0 Å². The lowest BCUT2D eigenvalue weighted by atomic mass is 10.0. The lowest BCUT2D eigenvalue weighted by Crippen LogP contribution is -2.39. The Bertz CT molecular complexity index is 355.